The van der Waals surface area contributed by atoms with E-state index >= 15 is 0 Å². The number of rotatable bonds is 6. The van der Waals surface area contributed by atoms with Gasteiger partial charge < -0.3 is 5.32 Å². The Morgan fingerprint density at radius 2 is 1.67 bits per heavy atom. The van der Waals surface area contributed by atoms with Crippen molar-refractivity contribution in [1.29, 1.82) is 0 Å². The van der Waals surface area contributed by atoms with Gasteiger partial charge in [0.1, 0.15) is 0 Å². The molecule has 0 spiro atoms. The van der Waals surface area contributed by atoms with Gasteiger partial charge in [-0.15, -0.1) is 11.6 Å². The highest BCUT2D eigenvalue weighted by Gasteiger charge is 2.21. The minimum atomic E-state index is -3.55. The Labute approximate surface area is 131 Å². The molecule has 1 N–H and O–H groups in total. The van der Waals surface area contributed by atoms with Crippen LogP contribution in [0, 0.1) is 5.41 Å². The number of nitrogens with one attached hydrogen (secondary N) is 1. The fourth-order valence-electron chi connectivity index (χ4n) is 1.57. The van der Waals surface area contributed by atoms with Gasteiger partial charge >= 0.3 is 0 Å². The topological polar surface area (TPSA) is 80.3 Å². The van der Waals surface area contributed by atoms with Crippen LogP contribution in [0.5, 0.6) is 0 Å². The second kappa shape index (κ2) is 6.14. The van der Waals surface area contributed by atoms with Crippen molar-refractivity contribution in [1.82, 2.24) is 0 Å². The van der Waals surface area contributed by atoms with E-state index in [-0.39, 0.29) is 15.2 Å². The SMILES string of the molecule is CC(C)(CCl)CNc1ccc(S(C)(=O)=O)cc1S(C)(=O)=O. The second-order valence-electron chi connectivity index (χ2n) is 5.85. The quantitative estimate of drug-likeness (QED) is 0.793. The third kappa shape index (κ3) is 5.16. The molecule has 1 rings (SSSR count). The first-order valence-corrected chi connectivity index (χ1v) is 10.5. The fraction of sp³-hybridized carbons (Fsp3) is 0.538. The number of anilines is 1. The predicted octanol–water partition coefficient (Wildman–Crippen LogP) is 2.17. The molecule has 5 nitrogen and oxygen atoms in total. The van der Waals surface area contributed by atoms with Crippen molar-refractivity contribution in [2.24, 2.45) is 5.41 Å². The largest absolute Gasteiger partial charge is 0.383 e. The van der Waals surface area contributed by atoms with E-state index in [1.165, 1.54) is 18.2 Å². The first-order chi connectivity index (χ1) is 9.37. The average Bonchev–Trinajstić information content (AvgIpc) is 2.34. The highest BCUT2D eigenvalue weighted by molar-refractivity contribution is 7.91. The Hall–Kier alpha value is -0.790. The number of halogens is 1. The molecule has 8 heteroatoms. The highest BCUT2D eigenvalue weighted by Crippen LogP contribution is 2.27. The lowest BCUT2D eigenvalue weighted by atomic mass is 9.96. The van der Waals surface area contributed by atoms with Crippen LogP contribution in [-0.2, 0) is 19.7 Å². The molecule has 0 aromatic heterocycles. The number of hydrogen-bond donors (Lipinski definition) is 1. The Balaban J connectivity index is 3.28. The molecule has 0 radical (unpaired) electrons. The van der Waals surface area contributed by atoms with Gasteiger partial charge in [-0.25, -0.2) is 16.8 Å². The van der Waals surface area contributed by atoms with Crippen LogP contribution in [0.4, 0.5) is 5.69 Å². The second-order valence-corrected chi connectivity index (χ2v) is 10.1. The lowest BCUT2D eigenvalue weighted by Crippen LogP contribution is -2.25. The summed E-state index contributed by atoms with van der Waals surface area (Å²) in [4.78, 5) is -0.0547. The Bertz CT molecular complexity index is 725. The van der Waals surface area contributed by atoms with Crippen LogP contribution in [-0.4, -0.2) is 41.8 Å². The Morgan fingerprint density at radius 3 is 2.10 bits per heavy atom. The fourth-order valence-corrected chi connectivity index (χ4v) is 3.26. The van der Waals surface area contributed by atoms with E-state index < -0.39 is 19.7 Å². The summed E-state index contributed by atoms with van der Waals surface area (Å²) in [6.45, 7) is 4.35. The Kier molecular flexibility index (Phi) is 5.34. The van der Waals surface area contributed by atoms with Crippen LogP contribution in [0.3, 0.4) is 0 Å². The van der Waals surface area contributed by atoms with Crippen molar-refractivity contribution in [3.05, 3.63) is 18.2 Å². The summed E-state index contributed by atoms with van der Waals surface area (Å²) in [5.41, 5.74) is 0.161. The molecule has 0 saturated heterocycles. The molecule has 0 fully saturated rings. The van der Waals surface area contributed by atoms with E-state index in [9.17, 15) is 16.8 Å². The van der Waals surface area contributed by atoms with Gasteiger partial charge in [-0.2, -0.15) is 0 Å². The molecule has 0 saturated carbocycles. The maximum atomic E-state index is 11.9. The van der Waals surface area contributed by atoms with E-state index in [0.29, 0.717) is 18.1 Å². The number of hydrogen-bond acceptors (Lipinski definition) is 5. The molecule has 1 aromatic rings. The summed E-state index contributed by atoms with van der Waals surface area (Å²) in [5, 5.41) is 3.03. The van der Waals surface area contributed by atoms with Gasteiger partial charge in [-0.3, -0.25) is 0 Å². The normalized spacial score (nSPS) is 13.2. The summed E-state index contributed by atoms with van der Waals surface area (Å²) in [7, 11) is -7.01. The van der Waals surface area contributed by atoms with Gasteiger partial charge in [0.15, 0.2) is 19.7 Å². The Morgan fingerprint density at radius 1 is 1.10 bits per heavy atom. The molecule has 120 valence electrons. The van der Waals surface area contributed by atoms with Gasteiger partial charge in [0.2, 0.25) is 0 Å². The van der Waals surface area contributed by atoms with Crippen molar-refractivity contribution in [2.45, 2.75) is 23.6 Å². The summed E-state index contributed by atoms with van der Waals surface area (Å²) in [5.74, 6) is 0.412. The molecular formula is C13H20ClNO4S2. The van der Waals surface area contributed by atoms with E-state index in [2.05, 4.69) is 5.32 Å². The molecule has 0 unspecified atom stereocenters. The molecule has 0 bridgehead atoms. The van der Waals surface area contributed by atoms with Crippen LogP contribution < -0.4 is 5.32 Å². The standard InChI is InChI=1S/C13H20ClNO4S2/c1-13(2,8-14)9-15-11-6-5-10(20(3,16)17)7-12(11)21(4,18)19/h5-7,15H,8-9H2,1-4H3. The zero-order valence-electron chi connectivity index (χ0n) is 12.5. The first-order valence-electron chi connectivity index (χ1n) is 6.21. The van der Waals surface area contributed by atoms with Crippen molar-refractivity contribution >= 4 is 37.0 Å². The highest BCUT2D eigenvalue weighted by atomic mass is 35.5. The smallest absolute Gasteiger partial charge is 0.177 e. The molecule has 0 heterocycles. The van der Waals surface area contributed by atoms with Gasteiger partial charge in [0.25, 0.3) is 0 Å². The van der Waals surface area contributed by atoms with Crippen molar-refractivity contribution in [2.75, 3.05) is 30.3 Å². The van der Waals surface area contributed by atoms with Gasteiger partial charge in [-0.1, -0.05) is 13.8 Å². The number of benzene rings is 1. The van der Waals surface area contributed by atoms with Crippen LogP contribution in [0.15, 0.2) is 28.0 Å². The third-order valence-corrected chi connectivity index (χ3v) is 5.87. The minimum Gasteiger partial charge on any atom is -0.383 e. The van der Waals surface area contributed by atoms with E-state index in [0.717, 1.165) is 12.5 Å². The zero-order chi connectivity index (χ0) is 16.5. The monoisotopic (exact) mass is 353 g/mol. The van der Waals surface area contributed by atoms with E-state index in [4.69, 9.17) is 11.6 Å². The first kappa shape index (κ1) is 18.3. The molecule has 0 aliphatic heterocycles. The van der Waals surface area contributed by atoms with Crippen LogP contribution >= 0.6 is 11.6 Å². The van der Waals surface area contributed by atoms with Crippen LogP contribution in [0.25, 0.3) is 0 Å². The molecule has 1 aromatic carbocycles. The van der Waals surface area contributed by atoms with Crippen LogP contribution in [0.2, 0.25) is 0 Å². The number of sulfone groups is 2. The molecule has 0 atom stereocenters. The maximum Gasteiger partial charge on any atom is 0.177 e. The number of alkyl halides is 1. The molecule has 0 aliphatic rings. The molecule has 0 amide bonds. The van der Waals surface area contributed by atoms with Crippen molar-refractivity contribution in [3.8, 4) is 0 Å². The molecule has 21 heavy (non-hydrogen) atoms. The summed E-state index contributed by atoms with van der Waals surface area (Å²) in [6, 6.07) is 4.04. The van der Waals surface area contributed by atoms with Crippen LogP contribution in [0.1, 0.15) is 13.8 Å². The lowest BCUT2D eigenvalue weighted by molar-refractivity contribution is 0.450. The van der Waals surface area contributed by atoms with E-state index in [1.54, 1.807) is 0 Å². The predicted molar refractivity (Wildman–Crippen MR) is 85.7 cm³/mol. The van der Waals surface area contributed by atoms with Gasteiger partial charge in [0.05, 0.1) is 15.5 Å². The van der Waals surface area contributed by atoms with E-state index in [1.807, 2.05) is 13.8 Å². The maximum absolute atomic E-state index is 11.9. The molecular weight excluding hydrogens is 334 g/mol. The van der Waals surface area contributed by atoms with Gasteiger partial charge in [0, 0.05) is 24.9 Å². The summed E-state index contributed by atoms with van der Waals surface area (Å²) < 4.78 is 46.8. The van der Waals surface area contributed by atoms with Gasteiger partial charge in [-0.05, 0) is 23.6 Å². The third-order valence-electron chi connectivity index (χ3n) is 2.90. The zero-order valence-corrected chi connectivity index (χ0v) is 14.9. The average molecular weight is 354 g/mol. The summed E-state index contributed by atoms with van der Waals surface area (Å²) >= 11 is 5.84. The van der Waals surface area contributed by atoms with Crippen molar-refractivity contribution in [3.63, 3.8) is 0 Å². The summed E-state index contributed by atoms with van der Waals surface area (Å²) in [6.07, 6.45) is 2.09. The van der Waals surface area contributed by atoms with Crippen molar-refractivity contribution < 1.29 is 16.8 Å². The lowest BCUT2D eigenvalue weighted by Gasteiger charge is -2.23. The minimum absolute atomic E-state index is 0.0231. The molecule has 0 aliphatic carbocycles.